The summed E-state index contributed by atoms with van der Waals surface area (Å²) in [6.07, 6.45) is 1.48. The summed E-state index contributed by atoms with van der Waals surface area (Å²) in [7, 11) is 1.66. The summed E-state index contributed by atoms with van der Waals surface area (Å²) >= 11 is 0. The molecule has 0 aliphatic heterocycles. The lowest BCUT2D eigenvalue weighted by molar-refractivity contribution is 0.130. The molecule has 0 aromatic rings. The van der Waals surface area contributed by atoms with E-state index < -0.39 is 0 Å². The third-order valence-corrected chi connectivity index (χ3v) is 1.95. The molecular formula is C9H21N3O2. The highest BCUT2D eigenvalue weighted by Gasteiger charge is 2.03. The van der Waals surface area contributed by atoms with Gasteiger partial charge in [0.15, 0.2) is 0 Å². The molecule has 0 fully saturated rings. The lowest BCUT2D eigenvalue weighted by Crippen LogP contribution is -2.31. The van der Waals surface area contributed by atoms with Gasteiger partial charge in [-0.3, -0.25) is 10.3 Å². The Morgan fingerprint density at radius 2 is 2.14 bits per heavy atom. The Kier molecular flexibility index (Phi) is 8.51. The van der Waals surface area contributed by atoms with Crippen LogP contribution in [0.4, 0.5) is 0 Å². The number of rotatable bonds is 9. The van der Waals surface area contributed by atoms with Crippen LogP contribution < -0.4 is 5.73 Å². The van der Waals surface area contributed by atoms with Crippen LogP contribution in [-0.4, -0.2) is 55.8 Å². The van der Waals surface area contributed by atoms with Crippen molar-refractivity contribution in [1.82, 2.24) is 4.90 Å². The number of amidine groups is 1. The van der Waals surface area contributed by atoms with Gasteiger partial charge in [-0.15, -0.1) is 0 Å². The predicted octanol–water partition coefficient (Wildman–Crippen LogP) is -0.357. The topological polar surface area (TPSA) is 82.6 Å². The molecule has 0 aromatic heterocycles. The maximum Gasteiger partial charge on any atom is 0.0905 e. The molecule has 0 spiro atoms. The molecule has 0 bridgehead atoms. The zero-order valence-corrected chi connectivity index (χ0v) is 8.83. The van der Waals surface area contributed by atoms with Gasteiger partial charge in [0.05, 0.1) is 19.0 Å². The molecule has 84 valence electrons. The van der Waals surface area contributed by atoms with Gasteiger partial charge in [0.2, 0.25) is 0 Å². The van der Waals surface area contributed by atoms with E-state index in [1.807, 2.05) is 0 Å². The molecule has 5 nitrogen and oxygen atoms in total. The van der Waals surface area contributed by atoms with Gasteiger partial charge in [0.1, 0.15) is 0 Å². The number of nitrogens with two attached hydrogens (primary N) is 1. The number of methoxy groups -OCH3 is 1. The molecule has 0 heterocycles. The molecule has 4 N–H and O–H groups in total. The summed E-state index contributed by atoms with van der Waals surface area (Å²) in [5.41, 5.74) is 5.24. The van der Waals surface area contributed by atoms with Crippen molar-refractivity contribution < 1.29 is 9.84 Å². The van der Waals surface area contributed by atoms with Crippen molar-refractivity contribution in [2.45, 2.75) is 12.8 Å². The quantitative estimate of drug-likeness (QED) is 0.353. The van der Waals surface area contributed by atoms with E-state index >= 15 is 0 Å². The first-order valence-corrected chi connectivity index (χ1v) is 4.85. The molecule has 0 radical (unpaired) electrons. The van der Waals surface area contributed by atoms with E-state index in [1.54, 1.807) is 7.11 Å². The smallest absolute Gasteiger partial charge is 0.0905 e. The molecule has 0 rings (SSSR count). The first-order chi connectivity index (χ1) is 6.70. The standard InChI is InChI=1S/C9H21N3O2/c1-14-8-6-12(5-7-13)4-2-3-9(10)11/h13H,2-8H2,1H3,(H3,10,11). The van der Waals surface area contributed by atoms with Crippen LogP contribution in [-0.2, 0) is 4.74 Å². The fraction of sp³-hybridized carbons (Fsp3) is 0.889. The lowest BCUT2D eigenvalue weighted by atomic mass is 10.2. The normalized spacial score (nSPS) is 10.8. The van der Waals surface area contributed by atoms with Crippen molar-refractivity contribution in [1.29, 1.82) is 5.41 Å². The van der Waals surface area contributed by atoms with E-state index in [1.165, 1.54) is 0 Å². The van der Waals surface area contributed by atoms with Crippen LogP contribution in [0.2, 0.25) is 0 Å². The summed E-state index contributed by atoms with van der Waals surface area (Å²) in [4.78, 5) is 2.10. The van der Waals surface area contributed by atoms with E-state index in [-0.39, 0.29) is 12.4 Å². The third-order valence-electron chi connectivity index (χ3n) is 1.95. The first kappa shape index (κ1) is 13.4. The van der Waals surface area contributed by atoms with Crippen molar-refractivity contribution >= 4 is 5.84 Å². The van der Waals surface area contributed by atoms with Crippen molar-refractivity contribution in [3.63, 3.8) is 0 Å². The minimum absolute atomic E-state index is 0.157. The van der Waals surface area contributed by atoms with Gasteiger partial charge in [0, 0.05) is 26.6 Å². The minimum Gasteiger partial charge on any atom is -0.395 e. The van der Waals surface area contributed by atoms with Gasteiger partial charge < -0.3 is 15.6 Å². The van der Waals surface area contributed by atoms with E-state index in [0.717, 1.165) is 19.5 Å². The second-order valence-corrected chi connectivity index (χ2v) is 3.19. The van der Waals surface area contributed by atoms with Gasteiger partial charge in [-0.05, 0) is 13.0 Å². The Morgan fingerprint density at radius 1 is 1.43 bits per heavy atom. The number of hydrogen-bond acceptors (Lipinski definition) is 4. The Hall–Kier alpha value is -0.650. The second-order valence-electron chi connectivity index (χ2n) is 3.19. The van der Waals surface area contributed by atoms with E-state index in [9.17, 15) is 0 Å². The molecule has 0 aliphatic carbocycles. The van der Waals surface area contributed by atoms with Crippen LogP contribution in [0.1, 0.15) is 12.8 Å². The zero-order chi connectivity index (χ0) is 10.8. The van der Waals surface area contributed by atoms with Gasteiger partial charge >= 0.3 is 0 Å². The minimum atomic E-state index is 0.157. The van der Waals surface area contributed by atoms with Crippen LogP contribution in [0.15, 0.2) is 0 Å². The van der Waals surface area contributed by atoms with Crippen LogP contribution >= 0.6 is 0 Å². The SMILES string of the molecule is COCCN(CCO)CCCC(=N)N. The highest BCUT2D eigenvalue weighted by Crippen LogP contribution is 1.94. The average Bonchev–Trinajstić information content (AvgIpc) is 2.13. The number of ether oxygens (including phenoxy) is 1. The zero-order valence-electron chi connectivity index (χ0n) is 8.83. The number of aliphatic hydroxyl groups is 1. The molecule has 0 amide bonds. The van der Waals surface area contributed by atoms with Gasteiger partial charge in [-0.1, -0.05) is 0 Å². The molecule has 5 heteroatoms. The maximum absolute atomic E-state index is 8.80. The average molecular weight is 203 g/mol. The fourth-order valence-electron chi connectivity index (χ4n) is 1.19. The fourth-order valence-corrected chi connectivity index (χ4v) is 1.19. The largest absolute Gasteiger partial charge is 0.395 e. The van der Waals surface area contributed by atoms with Crippen LogP contribution in [0.3, 0.4) is 0 Å². The lowest BCUT2D eigenvalue weighted by Gasteiger charge is -2.20. The molecule has 0 aliphatic rings. The first-order valence-electron chi connectivity index (χ1n) is 4.85. The molecule has 0 aromatic carbocycles. The molecule has 0 saturated carbocycles. The summed E-state index contributed by atoms with van der Waals surface area (Å²) < 4.78 is 4.96. The molecule has 0 unspecified atom stereocenters. The van der Waals surface area contributed by atoms with Gasteiger partial charge in [0.25, 0.3) is 0 Å². The molecular weight excluding hydrogens is 182 g/mol. The number of aliphatic hydroxyl groups excluding tert-OH is 1. The van der Waals surface area contributed by atoms with Crippen molar-refractivity contribution in [3.8, 4) is 0 Å². The van der Waals surface area contributed by atoms with E-state index in [4.69, 9.17) is 21.0 Å². The number of nitrogens with zero attached hydrogens (tertiary/aromatic N) is 1. The summed E-state index contributed by atoms with van der Waals surface area (Å²) in [5.74, 6) is 0.223. The summed E-state index contributed by atoms with van der Waals surface area (Å²) in [6.45, 7) is 3.14. The summed E-state index contributed by atoms with van der Waals surface area (Å²) in [6, 6.07) is 0. The van der Waals surface area contributed by atoms with Crippen LogP contribution in [0, 0.1) is 5.41 Å². The Labute approximate surface area is 85.4 Å². The third kappa shape index (κ3) is 7.97. The second kappa shape index (κ2) is 8.93. The highest BCUT2D eigenvalue weighted by atomic mass is 16.5. The number of hydrogen-bond donors (Lipinski definition) is 3. The summed E-state index contributed by atoms with van der Waals surface area (Å²) in [5, 5.41) is 15.9. The van der Waals surface area contributed by atoms with Crippen LogP contribution in [0.25, 0.3) is 0 Å². The van der Waals surface area contributed by atoms with E-state index in [2.05, 4.69) is 4.90 Å². The number of nitrogens with one attached hydrogen (secondary N) is 1. The van der Waals surface area contributed by atoms with Gasteiger partial charge in [-0.25, -0.2) is 0 Å². The van der Waals surface area contributed by atoms with Crippen molar-refractivity contribution in [2.75, 3.05) is 40.0 Å². The molecule has 0 atom stereocenters. The van der Waals surface area contributed by atoms with Crippen molar-refractivity contribution in [3.05, 3.63) is 0 Å². The van der Waals surface area contributed by atoms with Gasteiger partial charge in [-0.2, -0.15) is 0 Å². The van der Waals surface area contributed by atoms with Crippen molar-refractivity contribution in [2.24, 2.45) is 5.73 Å². The Morgan fingerprint density at radius 3 is 2.64 bits per heavy atom. The highest BCUT2D eigenvalue weighted by molar-refractivity contribution is 5.76. The Balaban J connectivity index is 3.55. The molecule has 0 saturated heterocycles. The molecule has 14 heavy (non-hydrogen) atoms. The maximum atomic E-state index is 8.80. The van der Waals surface area contributed by atoms with Crippen LogP contribution in [0.5, 0.6) is 0 Å². The predicted molar refractivity (Wildman–Crippen MR) is 56.5 cm³/mol. The monoisotopic (exact) mass is 203 g/mol. The van der Waals surface area contributed by atoms with E-state index in [0.29, 0.717) is 19.6 Å². The Bertz CT molecular complexity index is 153.